The minimum Gasteiger partial charge on any atom is -0.349 e. The van der Waals surface area contributed by atoms with Crippen molar-refractivity contribution in [1.29, 1.82) is 0 Å². The summed E-state index contributed by atoms with van der Waals surface area (Å²) in [5, 5.41) is 7.78. The van der Waals surface area contributed by atoms with Gasteiger partial charge in [0.05, 0.1) is 18.4 Å². The Morgan fingerprint density at radius 3 is 2.26 bits per heavy atom. The molecule has 0 aliphatic carbocycles. The summed E-state index contributed by atoms with van der Waals surface area (Å²) in [5.41, 5.74) is 3.14. The van der Waals surface area contributed by atoms with Crippen molar-refractivity contribution < 1.29 is 13.2 Å². The minimum absolute atomic E-state index is 0.0633. The number of hydrogen-bond donors (Lipinski definition) is 1. The van der Waals surface area contributed by atoms with Crippen LogP contribution in [0.5, 0.6) is 0 Å². The number of piperidine rings is 1. The molecule has 0 radical (unpaired) electrons. The van der Waals surface area contributed by atoms with Crippen LogP contribution in [0.15, 0.2) is 66.9 Å². The number of sulfonamides is 1. The molecule has 0 unspecified atom stereocenters. The number of hydrogen-bond acceptors (Lipinski definition) is 4. The minimum atomic E-state index is -3.19. The SMILES string of the molecule is CS(=O)(=O)N1CCC(NC(=O)c2cn(Cc3ccccc3)nc2-c2ccccc2)CC1. The van der Waals surface area contributed by atoms with Crippen molar-refractivity contribution >= 4 is 15.9 Å². The van der Waals surface area contributed by atoms with Crippen molar-refractivity contribution in [2.45, 2.75) is 25.4 Å². The summed E-state index contributed by atoms with van der Waals surface area (Å²) in [6.45, 7) is 1.41. The molecule has 1 aromatic heterocycles. The molecule has 162 valence electrons. The molecule has 2 heterocycles. The second kappa shape index (κ2) is 9.03. The first-order valence-corrected chi connectivity index (χ1v) is 12.2. The van der Waals surface area contributed by atoms with Crippen molar-refractivity contribution in [3.05, 3.63) is 78.0 Å². The van der Waals surface area contributed by atoms with Crippen LogP contribution in [0.25, 0.3) is 11.3 Å². The predicted octanol–water partition coefficient (Wildman–Crippen LogP) is 2.75. The zero-order valence-electron chi connectivity index (χ0n) is 17.4. The molecule has 1 amide bonds. The molecule has 4 rings (SSSR count). The van der Waals surface area contributed by atoms with Crippen molar-refractivity contribution in [3.8, 4) is 11.3 Å². The van der Waals surface area contributed by atoms with E-state index in [0.29, 0.717) is 43.7 Å². The van der Waals surface area contributed by atoms with E-state index >= 15 is 0 Å². The molecule has 8 heteroatoms. The van der Waals surface area contributed by atoms with Gasteiger partial charge in [0.1, 0.15) is 5.69 Å². The van der Waals surface area contributed by atoms with Crippen LogP contribution in [-0.2, 0) is 16.6 Å². The Morgan fingerprint density at radius 1 is 1.03 bits per heavy atom. The van der Waals surface area contributed by atoms with Crippen molar-refractivity contribution in [3.63, 3.8) is 0 Å². The summed E-state index contributed by atoms with van der Waals surface area (Å²) in [7, 11) is -3.19. The normalized spacial score (nSPS) is 15.6. The zero-order chi connectivity index (χ0) is 21.8. The maximum atomic E-state index is 13.2. The summed E-state index contributed by atoms with van der Waals surface area (Å²) < 4.78 is 26.7. The third-order valence-electron chi connectivity index (χ3n) is 5.50. The first-order valence-electron chi connectivity index (χ1n) is 10.3. The van der Waals surface area contributed by atoms with Gasteiger partial charge in [0.2, 0.25) is 10.0 Å². The van der Waals surface area contributed by atoms with Crippen LogP contribution < -0.4 is 5.32 Å². The number of amides is 1. The lowest BCUT2D eigenvalue weighted by Crippen LogP contribution is -2.46. The molecule has 3 aromatic rings. The van der Waals surface area contributed by atoms with Gasteiger partial charge in [-0.2, -0.15) is 5.10 Å². The van der Waals surface area contributed by atoms with Gasteiger partial charge < -0.3 is 5.32 Å². The molecule has 0 atom stereocenters. The Labute approximate surface area is 182 Å². The zero-order valence-corrected chi connectivity index (χ0v) is 18.3. The molecule has 1 N–H and O–H groups in total. The molecule has 0 spiro atoms. The number of carbonyl (C=O) groups is 1. The van der Waals surface area contributed by atoms with E-state index in [2.05, 4.69) is 5.32 Å². The Hall–Kier alpha value is -2.97. The van der Waals surface area contributed by atoms with E-state index in [4.69, 9.17) is 5.10 Å². The van der Waals surface area contributed by atoms with E-state index in [9.17, 15) is 13.2 Å². The maximum absolute atomic E-state index is 13.2. The fourth-order valence-electron chi connectivity index (χ4n) is 3.84. The van der Waals surface area contributed by atoms with Gasteiger partial charge in [-0.15, -0.1) is 0 Å². The predicted molar refractivity (Wildman–Crippen MR) is 120 cm³/mol. The average Bonchev–Trinajstić information content (AvgIpc) is 3.19. The first kappa shape index (κ1) is 21.3. The number of benzene rings is 2. The topological polar surface area (TPSA) is 84.3 Å². The molecule has 1 fully saturated rings. The Bertz CT molecular complexity index is 1140. The average molecular weight is 439 g/mol. The van der Waals surface area contributed by atoms with E-state index in [1.54, 1.807) is 10.9 Å². The van der Waals surface area contributed by atoms with Crippen LogP contribution in [0.4, 0.5) is 0 Å². The van der Waals surface area contributed by atoms with Crippen molar-refractivity contribution in [1.82, 2.24) is 19.4 Å². The molecule has 1 aliphatic rings. The molecular formula is C23H26N4O3S. The summed E-state index contributed by atoms with van der Waals surface area (Å²) in [4.78, 5) is 13.2. The lowest BCUT2D eigenvalue weighted by atomic mass is 10.0. The highest BCUT2D eigenvalue weighted by Crippen LogP contribution is 2.23. The molecule has 1 saturated heterocycles. The van der Waals surface area contributed by atoms with Gasteiger partial charge in [-0.1, -0.05) is 60.7 Å². The first-order chi connectivity index (χ1) is 14.9. The van der Waals surface area contributed by atoms with Gasteiger partial charge in [-0.05, 0) is 18.4 Å². The van der Waals surface area contributed by atoms with E-state index in [1.807, 2.05) is 60.7 Å². The third-order valence-corrected chi connectivity index (χ3v) is 6.80. The van der Waals surface area contributed by atoms with E-state index in [-0.39, 0.29) is 11.9 Å². The molecule has 1 aliphatic heterocycles. The monoisotopic (exact) mass is 438 g/mol. The largest absolute Gasteiger partial charge is 0.349 e. The second-order valence-corrected chi connectivity index (χ2v) is 9.83. The van der Waals surface area contributed by atoms with Crippen LogP contribution in [0.1, 0.15) is 28.8 Å². The Morgan fingerprint density at radius 2 is 1.65 bits per heavy atom. The number of rotatable bonds is 6. The molecular weight excluding hydrogens is 412 g/mol. The van der Waals surface area contributed by atoms with Gasteiger partial charge in [-0.3, -0.25) is 9.48 Å². The molecule has 0 saturated carbocycles. The van der Waals surface area contributed by atoms with Gasteiger partial charge in [-0.25, -0.2) is 12.7 Å². The number of carbonyl (C=O) groups excluding carboxylic acids is 1. The van der Waals surface area contributed by atoms with Crippen LogP contribution in [0, 0.1) is 0 Å². The van der Waals surface area contributed by atoms with E-state index in [1.165, 1.54) is 10.6 Å². The summed E-state index contributed by atoms with van der Waals surface area (Å²) in [5.74, 6) is -0.184. The maximum Gasteiger partial charge on any atom is 0.255 e. The van der Waals surface area contributed by atoms with Gasteiger partial charge in [0.15, 0.2) is 0 Å². The van der Waals surface area contributed by atoms with Gasteiger partial charge >= 0.3 is 0 Å². The highest BCUT2D eigenvalue weighted by molar-refractivity contribution is 7.88. The molecule has 2 aromatic carbocycles. The van der Waals surface area contributed by atoms with Crippen LogP contribution in [-0.4, -0.2) is 53.8 Å². The fourth-order valence-corrected chi connectivity index (χ4v) is 4.72. The van der Waals surface area contributed by atoms with E-state index < -0.39 is 10.0 Å². The second-order valence-electron chi connectivity index (χ2n) is 7.85. The van der Waals surface area contributed by atoms with Gasteiger partial charge in [0.25, 0.3) is 5.91 Å². The highest BCUT2D eigenvalue weighted by atomic mass is 32.2. The standard InChI is InChI=1S/C23H26N4O3S/c1-31(29,30)27-14-12-20(13-15-27)24-23(28)21-17-26(16-18-8-4-2-5-9-18)25-22(21)19-10-6-3-7-11-19/h2-11,17,20H,12-16H2,1H3,(H,24,28). The van der Waals surface area contributed by atoms with E-state index in [0.717, 1.165) is 11.1 Å². The van der Waals surface area contributed by atoms with Crippen molar-refractivity contribution in [2.24, 2.45) is 0 Å². The lowest BCUT2D eigenvalue weighted by Gasteiger charge is -2.30. The fraction of sp³-hybridized carbons (Fsp3) is 0.304. The third kappa shape index (κ3) is 5.21. The molecule has 0 bridgehead atoms. The van der Waals surface area contributed by atoms with Crippen molar-refractivity contribution in [2.75, 3.05) is 19.3 Å². The smallest absolute Gasteiger partial charge is 0.255 e. The summed E-state index contributed by atoms with van der Waals surface area (Å²) in [6, 6.07) is 19.6. The quantitative estimate of drug-likeness (QED) is 0.641. The Balaban J connectivity index is 1.54. The molecule has 7 nitrogen and oxygen atoms in total. The van der Waals surface area contributed by atoms with Crippen LogP contribution >= 0.6 is 0 Å². The number of aromatic nitrogens is 2. The lowest BCUT2D eigenvalue weighted by molar-refractivity contribution is 0.0924. The van der Waals surface area contributed by atoms with Crippen LogP contribution in [0.2, 0.25) is 0 Å². The summed E-state index contributed by atoms with van der Waals surface area (Å²) >= 11 is 0. The summed E-state index contributed by atoms with van der Waals surface area (Å²) in [6.07, 6.45) is 4.20. The van der Waals surface area contributed by atoms with Gasteiger partial charge in [0, 0.05) is 30.9 Å². The Kier molecular flexibility index (Phi) is 6.20. The molecule has 31 heavy (non-hydrogen) atoms. The number of nitrogens with zero attached hydrogens (tertiary/aromatic N) is 3. The highest BCUT2D eigenvalue weighted by Gasteiger charge is 2.27. The number of nitrogens with one attached hydrogen (secondary N) is 1. The van der Waals surface area contributed by atoms with Crippen LogP contribution in [0.3, 0.4) is 0 Å².